The van der Waals surface area contributed by atoms with Gasteiger partial charge in [0.05, 0.1) is 13.7 Å². The summed E-state index contributed by atoms with van der Waals surface area (Å²) < 4.78 is 5.90. The van der Waals surface area contributed by atoms with Gasteiger partial charge in [0, 0.05) is 20.5 Å². The first-order chi connectivity index (χ1) is 7.54. The third-order valence-corrected chi connectivity index (χ3v) is 1.96. The van der Waals surface area contributed by atoms with Crippen LogP contribution in [0, 0.1) is 0 Å². The smallest absolute Gasteiger partial charge is 0.377 e. The molecule has 1 heterocycles. The van der Waals surface area contributed by atoms with Crippen LogP contribution in [0.1, 0.15) is 17.0 Å². The lowest BCUT2D eigenvalue weighted by Crippen LogP contribution is -2.23. The van der Waals surface area contributed by atoms with Crippen molar-refractivity contribution in [2.24, 2.45) is 0 Å². The quantitative estimate of drug-likeness (QED) is 0.649. The van der Waals surface area contributed by atoms with Crippen molar-refractivity contribution in [2.45, 2.75) is 13.0 Å². The number of carbonyl (C=O) groups excluding carboxylic acids is 2. The Balaban J connectivity index is 2.53. The Kier molecular flexibility index (Phi) is 3.98. The summed E-state index contributed by atoms with van der Waals surface area (Å²) in [6.45, 7) is 0.390. The van der Waals surface area contributed by atoms with Gasteiger partial charge in [-0.25, -0.2) is 9.78 Å². The fourth-order valence-electron chi connectivity index (χ4n) is 1.02. The van der Waals surface area contributed by atoms with Crippen LogP contribution in [0.25, 0.3) is 0 Å². The van der Waals surface area contributed by atoms with Crippen LogP contribution in [0.5, 0.6) is 0 Å². The van der Waals surface area contributed by atoms with Crippen molar-refractivity contribution in [1.29, 1.82) is 0 Å². The van der Waals surface area contributed by atoms with Gasteiger partial charge in [-0.2, -0.15) is 0 Å². The predicted octanol–water partition coefficient (Wildman–Crippen LogP) is -0.457. The zero-order chi connectivity index (χ0) is 12.1. The van der Waals surface area contributed by atoms with E-state index in [1.54, 1.807) is 14.1 Å². The molecule has 7 heteroatoms. The van der Waals surface area contributed by atoms with E-state index in [1.807, 2.05) is 0 Å². The molecule has 0 unspecified atom stereocenters. The molecule has 1 aromatic rings. The summed E-state index contributed by atoms with van der Waals surface area (Å²) in [5.74, 6) is -0.590. The Hall–Kier alpha value is -1.92. The summed E-state index contributed by atoms with van der Waals surface area (Å²) in [6.07, 6.45) is 1.71. The van der Waals surface area contributed by atoms with Crippen molar-refractivity contribution < 1.29 is 14.3 Å². The molecule has 1 amide bonds. The Morgan fingerprint density at radius 1 is 1.50 bits per heavy atom. The number of ether oxygens (including phenoxy) is 1. The average Bonchev–Trinajstić information content (AvgIpc) is 2.73. The third kappa shape index (κ3) is 3.04. The topological polar surface area (TPSA) is 77.3 Å². The number of hydrogen-bond acceptors (Lipinski definition) is 5. The monoisotopic (exact) mass is 226 g/mol. The maximum absolute atomic E-state index is 11.3. The molecule has 0 aromatic carbocycles. The summed E-state index contributed by atoms with van der Waals surface area (Å²) in [7, 11) is 4.63. The van der Waals surface area contributed by atoms with Crippen molar-refractivity contribution in [3.8, 4) is 0 Å². The first-order valence-corrected chi connectivity index (χ1v) is 4.72. The van der Waals surface area contributed by atoms with E-state index in [1.165, 1.54) is 23.0 Å². The minimum atomic E-state index is -0.585. The van der Waals surface area contributed by atoms with Gasteiger partial charge in [0.15, 0.2) is 0 Å². The molecule has 0 fully saturated rings. The average molecular weight is 226 g/mol. The second-order valence-electron chi connectivity index (χ2n) is 3.36. The van der Waals surface area contributed by atoms with Gasteiger partial charge in [0.25, 0.3) is 5.82 Å². The van der Waals surface area contributed by atoms with Crippen LogP contribution < -0.4 is 0 Å². The minimum absolute atomic E-state index is 0.000183. The molecule has 0 saturated heterocycles. The first kappa shape index (κ1) is 12.2. The van der Waals surface area contributed by atoms with Crippen LogP contribution in [-0.4, -0.2) is 52.7 Å². The van der Waals surface area contributed by atoms with Gasteiger partial charge in [0.1, 0.15) is 6.33 Å². The van der Waals surface area contributed by atoms with Crippen molar-refractivity contribution in [2.75, 3.05) is 21.2 Å². The van der Waals surface area contributed by atoms with E-state index in [0.717, 1.165) is 0 Å². The lowest BCUT2D eigenvalue weighted by Gasteiger charge is -2.09. The summed E-state index contributed by atoms with van der Waals surface area (Å²) in [6, 6.07) is 0. The second kappa shape index (κ2) is 5.24. The molecule has 0 radical (unpaired) electrons. The summed E-state index contributed by atoms with van der Waals surface area (Å²) >= 11 is 0. The highest BCUT2D eigenvalue weighted by Gasteiger charge is 2.11. The van der Waals surface area contributed by atoms with E-state index < -0.39 is 5.97 Å². The van der Waals surface area contributed by atoms with Crippen LogP contribution in [0.4, 0.5) is 0 Å². The molecule has 88 valence electrons. The maximum atomic E-state index is 11.3. The number of aryl methyl sites for hydroxylation is 1. The molecule has 0 aliphatic rings. The molecule has 1 aromatic heterocycles. The van der Waals surface area contributed by atoms with Gasteiger partial charge in [-0.3, -0.25) is 9.48 Å². The van der Waals surface area contributed by atoms with Crippen molar-refractivity contribution in [3.05, 3.63) is 12.2 Å². The SMILES string of the molecule is COC(=O)c1ncn(CCC(=O)N(C)C)n1. The van der Waals surface area contributed by atoms with Gasteiger partial charge in [-0.15, -0.1) is 5.10 Å². The normalized spacial score (nSPS) is 9.94. The van der Waals surface area contributed by atoms with Crippen molar-refractivity contribution in [3.63, 3.8) is 0 Å². The second-order valence-corrected chi connectivity index (χ2v) is 3.36. The molecule has 7 nitrogen and oxygen atoms in total. The number of nitrogens with zero attached hydrogens (tertiary/aromatic N) is 4. The molecule has 16 heavy (non-hydrogen) atoms. The molecule has 0 N–H and O–H groups in total. The lowest BCUT2D eigenvalue weighted by molar-refractivity contribution is -0.128. The molecule has 1 rings (SSSR count). The number of aromatic nitrogens is 3. The fraction of sp³-hybridized carbons (Fsp3) is 0.556. The highest BCUT2D eigenvalue weighted by Crippen LogP contribution is 1.96. The summed E-state index contributed by atoms with van der Waals surface area (Å²) in [5, 5.41) is 3.87. The molecule has 0 bridgehead atoms. The van der Waals surface area contributed by atoms with E-state index >= 15 is 0 Å². The van der Waals surface area contributed by atoms with Gasteiger partial charge in [-0.05, 0) is 0 Å². The van der Waals surface area contributed by atoms with E-state index in [9.17, 15) is 9.59 Å². The van der Waals surface area contributed by atoms with Crippen LogP contribution in [0.2, 0.25) is 0 Å². The van der Waals surface area contributed by atoms with Crippen molar-refractivity contribution >= 4 is 11.9 Å². The van der Waals surface area contributed by atoms with Gasteiger partial charge < -0.3 is 9.64 Å². The highest BCUT2D eigenvalue weighted by atomic mass is 16.5. The van der Waals surface area contributed by atoms with Gasteiger partial charge >= 0.3 is 5.97 Å². The number of methoxy groups -OCH3 is 1. The lowest BCUT2D eigenvalue weighted by atomic mass is 10.4. The van der Waals surface area contributed by atoms with E-state index in [4.69, 9.17) is 0 Å². The van der Waals surface area contributed by atoms with Crippen molar-refractivity contribution in [1.82, 2.24) is 19.7 Å². The van der Waals surface area contributed by atoms with E-state index in [0.29, 0.717) is 13.0 Å². The molecule has 0 aliphatic carbocycles. The highest BCUT2D eigenvalue weighted by molar-refractivity contribution is 5.84. The zero-order valence-corrected chi connectivity index (χ0v) is 9.51. The predicted molar refractivity (Wildman–Crippen MR) is 54.7 cm³/mol. The number of amides is 1. The summed E-state index contributed by atoms with van der Waals surface area (Å²) in [5.41, 5.74) is 0. The molecular formula is C9H14N4O3. The van der Waals surface area contributed by atoms with Crippen LogP contribution in [0.15, 0.2) is 6.33 Å². The zero-order valence-electron chi connectivity index (χ0n) is 9.51. The maximum Gasteiger partial charge on any atom is 0.377 e. The number of carbonyl (C=O) groups is 2. The number of hydrogen-bond donors (Lipinski definition) is 0. The van der Waals surface area contributed by atoms with Crippen LogP contribution in [0.3, 0.4) is 0 Å². The van der Waals surface area contributed by atoms with Gasteiger partial charge in [-0.1, -0.05) is 0 Å². The number of rotatable bonds is 4. The molecule has 0 saturated carbocycles. The van der Waals surface area contributed by atoms with Crippen LogP contribution >= 0.6 is 0 Å². The standard InChI is InChI=1S/C9H14N4O3/c1-12(2)7(14)4-5-13-6-10-8(11-13)9(15)16-3/h6H,4-5H2,1-3H3. The molecular weight excluding hydrogens is 212 g/mol. The third-order valence-electron chi connectivity index (χ3n) is 1.96. The first-order valence-electron chi connectivity index (χ1n) is 4.72. The van der Waals surface area contributed by atoms with E-state index in [2.05, 4.69) is 14.8 Å². The Morgan fingerprint density at radius 3 is 2.75 bits per heavy atom. The summed E-state index contributed by atoms with van der Waals surface area (Å²) in [4.78, 5) is 27.6. The fourth-order valence-corrected chi connectivity index (χ4v) is 1.02. The molecule has 0 atom stereocenters. The largest absolute Gasteiger partial charge is 0.463 e. The Labute approximate surface area is 93.0 Å². The van der Waals surface area contributed by atoms with E-state index in [-0.39, 0.29) is 11.7 Å². The number of esters is 1. The molecule has 0 spiro atoms. The Morgan fingerprint density at radius 2 is 2.19 bits per heavy atom. The molecule has 0 aliphatic heterocycles. The Bertz CT molecular complexity index is 386. The van der Waals surface area contributed by atoms with Gasteiger partial charge in [0.2, 0.25) is 5.91 Å². The van der Waals surface area contributed by atoms with Crippen LogP contribution in [-0.2, 0) is 16.1 Å². The minimum Gasteiger partial charge on any atom is -0.463 e.